The fourth-order valence-electron chi connectivity index (χ4n) is 2.15. The highest BCUT2D eigenvalue weighted by atomic mass is 16.3. The van der Waals surface area contributed by atoms with Gasteiger partial charge in [-0.1, -0.05) is 18.2 Å². The van der Waals surface area contributed by atoms with Crippen LogP contribution < -0.4 is 10.6 Å². The zero-order valence-electron chi connectivity index (χ0n) is 9.79. The number of benzene rings is 1. The van der Waals surface area contributed by atoms with Gasteiger partial charge in [-0.3, -0.25) is 0 Å². The standard InChI is InChI=1S/C13H20N2O/c1-10-6-13-7-11(8-14-4-5-16)2-3-12(13)9-15-10/h2-3,7,10,14-16H,4-6,8-9H2,1H3. The van der Waals surface area contributed by atoms with E-state index in [0.29, 0.717) is 12.6 Å². The number of aliphatic hydroxyl groups excluding tert-OH is 1. The van der Waals surface area contributed by atoms with Gasteiger partial charge >= 0.3 is 0 Å². The van der Waals surface area contributed by atoms with Gasteiger partial charge in [0.05, 0.1) is 6.61 Å². The second-order valence-electron chi connectivity index (χ2n) is 4.49. The highest BCUT2D eigenvalue weighted by molar-refractivity contribution is 5.34. The first-order valence-electron chi connectivity index (χ1n) is 5.95. The van der Waals surface area contributed by atoms with E-state index in [1.807, 2.05) is 0 Å². The fraction of sp³-hybridized carbons (Fsp3) is 0.538. The summed E-state index contributed by atoms with van der Waals surface area (Å²) in [5.74, 6) is 0. The molecule has 0 amide bonds. The van der Waals surface area contributed by atoms with Crippen LogP contribution in [-0.4, -0.2) is 24.3 Å². The molecule has 0 bridgehead atoms. The summed E-state index contributed by atoms with van der Waals surface area (Å²) < 4.78 is 0. The fourth-order valence-corrected chi connectivity index (χ4v) is 2.15. The number of hydrogen-bond acceptors (Lipinski definition) is 3. The minimum absolute atomic E-state index is 0.200. The Balaban J connectivity index is 2.03. The molecule has 3 heteroatoms. The summed E-state index contributed by atoms with van der Waals surface area (Å²) in [6.45, 7) is 4.91. The van der Waals surface area contributed by atoms with Crippen LogP contribution >= 0.6 is 0 Å². The molecule has 0 fully saturated rings. The Morgan fingerprint density at radius 3 is 3.12 bits per heavy atom. The lowest BCUT2D eigenvalue weighted by Gasteiger charge is -2.23. The topological polar surface area (TPSA) is 44.3 Å². The molecule has 3 N–H and O–H groups in total. The normalized spacial score (nSPS) is 19.5. The largest absolute Gasteiger partial charge is 0.395 e. The Kier molecular flexibility index (Phi) is 3.93. The lowest BCUT2D eigenvalue weighted by Crippen LogP contribution is -2.32. The van der Waals surface area contributed by atoms with E-state index in [0.717, 1.165) is 19.5 Å². The first kappa shape index (κ1) is 11.6. The molecule has 1 aromatic rings. The first-order valence-corrected chi connectivity index (χ1v) is 5.95. The molecule has 2 rings (SSSR count). The average Bonchev–Trinajstić information content (AvgIpc) is 2.29. The monoisotopic (exact) mass is 220 g/mol. The highest BCUT2D eigenvalue weighted by Crippen LogP contribution is 2.18. The van der Waals surface area contributed by atoms with E-state index in [2.05, 4.69) is 35.8 Å². The molecule has 0 radical (unpaired) electrons. The summed E-state index contributed by atoms with van der Waals surface area (Å²) in [5, 5.41) is 15.4. The number of nitrogens with one attached hydrogen (secondary N) is 2. The van der Waals surface area contributed by atoms with Crippen LogP contribution in [0.3, 0.4) is 0 Å². The second-order valence-corrected chi connectivity index (χ2v) is 4.49. The van der Waals surface area contributed by atoms with Gasteiger partial charge in [0.2, 0.25) is 0 Å². The highest BCUT2D eigenvalue weighted by Gasteiger charge is 2.13. The van der Waals surface area contributed by atoms with Gasteiger partial charge < -0.3 is 15.7 Å². The summed E-state index contributed by atoms with van der Waals surface area (Å²) in [6.07, 6.45) is 1.11. The molecular weight excluding hydrogens is 200 g/mol. The van der Waals surface area contributed by atoms with Crippen LogP contribution in [0.4, 0.5) is 0 Å². The van der Waals surface area contributed by atoms with E-state index in [1.54, 1.807) is 0 Å². The van der Waals surface area contributed by atoms with Crippen molar-refractivity contribution >= 4 is 0 Å². The van der Waals surface area contributed by atoms with Crippen molar-refractivity contribution in [3.63, 3.8) is 0 Å². The molecule has 0 saturated carbocycles. The molecule has 1 heterocycles. The van der Waals surface area contributed by atoms with Crippen molar-refractivity contribution in [2.45, 2.75) is 32.5 Å². The SMILES string of the molecule is CC1Cc2cc(CNCCO)ccc2CN1. The predicted molar refractivity (Wildman–Crippen MR) is 65.2 cm³/mol. The van der Waals surface area contributed by atoms with Gasteiger partial charge in [-0.05, 0) is 30.0 Å². The lowest BCUT2D eigenvalue weighted by molar-refractivity contribution is 0.292. The van der Waals surface area contributed by atoms with E-state index in [-0.39, 0.29) is 6.61 Å². The zero-order chi connectivity index (χ0) is 11.4. The molecule has 0 saturated heterocycles. The molecular formula is C13H20N2O. The van der Waals surface area contributed by atoms with Crippen LogP contribution in [0.1, 0.15) is 23.6 Å². The van der Waals surface area contributed by atoms with E-state index < -0.39 is 0 Å². The van der Waals surface area contributed by atoms with Crippen molar-refractivity contribution in [1.29, 1.82) is 0 Å². The Morgan fingerprint density at radius 1 is 1.44 bits per heavy atom. The molecule has 1 aliphatic rings. The Bertz CT molecular complexity index is 352. The summed E-state index contributed by atoms with van der Waals surface area (Å²) in [5.41, 5.74) is 4.19. The summed E-state index contributed by atoms with van der Waals surface area (Å²) in [7, 11) is 0. The molecule has 0 aromatic heterocycles. The van der Waals surface area contributed by atoms with E-state index in [1.165, 1.54) is 16.7 Å². The summed E-state index contributed by atoms with van der Waals surface area (Å²) in [6, 6.07) is 7.25. The van der Waals surface area contributed by atoms with Crippen molar-refractivity contribution in [2.75, 3.05) is 13.2 Å². The Morgan fingerprint density at radius 2 is 2.31 bits per heavy atom. The Labute approximate surface area is 96.9 Å². The average molecular weight is 220 g/mol. The van der Waals surface area contributed by atoms with Gasteiger partial charge in [0.15, 0.2) is 0 Å². The smallest absolute Gasteiger partial charge is 0.0556 e. The molecule has 1 unspecified atom stereocenters. The first-order chi connectivity index (χ1) is 7.79. The molecule has 0 spiro atoms. The molecule has 16 heavy (non-hydrogen) atoms. The third kappa shape index (κ3) is 2.82. The maximum atomic E-state index is 8.70. The molecule has 1 atom stereocenters. The zero-order valence-corrected chi connectivity index (χ0v) is 9.79. The van der Waals surface area contributed by atoms with Gasteiger partial charge in [-0.15, -0.1) is 0 Å². The molecule has 1 aromatic carbocycles. The molecule has 3 nitrogen and oxygen atoms in total. The van der Waals surface area contributed by atoms with Crippen molar-refractivity contribution < 1.29 is 5.11 Å². The van der Waals surface area contributed by atoms with Crippen molar-refractivity contribution in [3.05, 3.63) is 34.9 Å². The maximum absolute atomic E-state index is 8.70. The number of hydrogen-bond donors (Lipinski definition) is 3. The van der Waals surface area contributed by atoms with Crippen LogP contribution in [-0.2, 0) is 19.5 Å². The number of fused-ring (bicyclic) bond motifs is 1. The van der Waals surface area contributed by atoms with Crippen molar-refractivity contribution in [2.24, 2.45) is 0 Å². The van der Waals surface area contributed by atoms with Crippen LogP contribution in [0, 0.1) is 0 Å². The van der Waals surface area contributed by atoms with E-state index >= 15 is 0 Å². The molecule has 88 valence electrons. The van der Waals surface area contributed by atoms with Gasteiger partial charge in [-0.25, -0.2) is 0 Å². The number of rotatable bonds is 4. The van der Waals surface area contributed by atoms with Gasteiger partial charge in [0.25, 0.3) is 0 Å². The minimum atomic E-state index is 0.200. The van der Waals surface area contributed by atoms with Gasteiger partial charge in [0.1, 0.15) is 0 Å². The molecule has 0 aliphatic carbocycles. The maximum Gasteiger partial charge on any atom is 0.0556 e. The van der Waals surface area contributed by atoms with Crippen LogP contribution in [0.15, 0.2) is 18.2 Å². The second kappa shape index (κ2) is 5.43. The van der Waals surface area contributed by atoms with E-state index in [4.69, 9.17) is 5.11 Å². The van der Waals surface area contributed by atoms with Crippen LogP contribution in [0.5, 0.6) is 0 Å². The quantitative estimate of drug-likeness (QED) is 0.658. The van der Waals surface area contributed by atoms with Crippen molar-refractivity contribution in [1.82, 2.24) is 10.6 Å². The molecule has 1 aliphatic heterocycles. The van der Waals surface area contributed by atoms with Crippen LogP contribution in [0.2, 0.25) is 0 Å². The summed E-state index contributed by atoms with van der Waals surface area (Å²) >= 11 is 0. The lowest BCUT2D eigenvalue weighted by atomic mass is 9.95. The minimum Gasteiger partial charge on any atom is -0.395 e. The predicted octanol–water partition coefficient (Wildman–Crippen LogP) is 0.803. The third-order valence-corrected chi connectivity index (χ3v) is 3.06. The van der Waals surface area contributed by atoms with Crippen molar-refractivity contribution in [3.8, 4) is 0 Å². The van der Waals surface area contributed by atoms with Gasteiger partial charge in [0, 0.05) is 25.7 Å². The van der Waals surface area contributed by atoms with E-state index in [9.17, 15) is 0 Å². The summed E-state index contributed by atoms with van der Waals surface area (Å²) in [4.78, 5) is 0. The van der Waals surface area contributed by atoms with Gasteiger partial charge in [-0.2, -0.15) is 0 Å². The number of aliphatic hydroxyl groups is 1. The Hall–Kier alpha value is -0.900. The van der Waals surface area contributed by atoms with Crippen LogP contribution in [0.25, 0.3) is 0 Å². The third-order valence-electron chi connectivity index (χ3n) is 3.06.